The Labute approximate surface area is 140 Å². The molecule has 0 aliphatic heterocycles. The van der Waals surface area contributed by atoms with Gasteiger partial charge in [-0.1, -0.05) is 6.07 Å². The lowest BCUT2D eigenvalue weighted by Gasteiger charge is -2.10. The number of amides is 1. The van der Waals surface area contributed by atoms with Crippen molar-refractivity contribution >= 4 is 33.0 Å². The van der Waals surface area contributed by atoms with Crippen molar-refractivity contribution in [1.29, 1.82) is 0 Å². The number of carbonyl (C=O) groups is 1. The maximum Gasteiger partial charge on any atom is 0.416 e. The number of sulfonamides is 1. The molecule has 2 N–H and O–H groups in total. The maximum absolute atomic E-state index is 12.6. The number of alkyl halides is 3. The van der Waals surface area contributed by atoms with Gasteiger partial charge in [0.15, 0.2) is 0 Å². The van der Waals surface area contributed by atoms with Crippen LogP contribution in [0.4, 0.5) is 18.9 Å². The van der Waals surface area contributed by atoms with Gasteiger partial charge in [-0.15, -0.1) is 11.3 Å². The van der Waals surface area contributed by atoms with E-state index in [0.717, 1.165) is 34.4 Å². The van der Waals surface area contributed by atoms with Crippen molar-refractivity contribution in [2.24, 2.45) is 0 Å². The van der Waals surface area contributed by atoms with E-state index in [4.69, 9.17) is 0 Å². The van der Waals surface area contributed by atoms with Crippen LogP contribution in [0.25, 0.3) is 0 Å². The number of halogens is 3. The number of nitrogens with one attached hydrogen (secondary N) is 2. The van der Waals surface area contributed by atoms with Crippen LogP contribution in [0.5, 0.6) is 0 Å². The summed E-state index contributed by atoms with van der Waals surface area (Å²) in [6, 6.07) is 7.11. The molecule has 0 unspecified atom stereocenters. The molecule has 0 atom stereocenters. The van der Waals surface area contributed by atoms with Gasteiger partial charge in [-0.3, -0.25) is 4.79 Å². The first-order valence-corrected chi connectivity index (χ1v) is 8.91. The number of carbonyl (C=O) groups excluding carboxylic acids is 1. The minimum Gasteiger partial charge on any atom is -0.325 e. The van der Waals surface area contributed by atoms with Gasteiger partial charge in [0.05, 0.1) is 12.1 Å². The highest BCUT2D eigenvalue weighted by molar-refractivity contribution is 7.91. The second kappa shape index (κ2) is 6.91. The Bertz CT molecular complexity index is 845. The van der Waals surface area contributed by atoms with Gasteiger partial charge in [0.1, 0.15) is 4.21 Å². The van der Waals surface area contributed by atoms with Gasteiger partial charge < -0.3 is 5.32 Å². The third-order valence-corrected chi connectivity index (χ3v) is 5.77. The SMILES string of the molecule is Cc1ccc(S(=O)(=O)NCC(=O)Nc2cccc(C(F)(F)F)c2)s1. The van der Waals surface area contributed by atoms with Gasteiger partial charge in [0.2, 0.25) is 5.91 Å². The molecule has 130 valence electrons. The second-order valence-electron chi connectivity index (χ2n) is 4.82. The molecular weight excluding hydrogens is 365 g/mol. The van der Waals surface area contributed by atoms with Gasteiger partial charge in [-0.05, 0) is 37.3 Å². The lowest BCUT2D eigenvalue weighted by Crippen LogP contribution is -2.32. The van der Waals surface area contributed by atoms with Crippen LogP contribution < -0.4 is 10.0 Å². The quantitative estimate of drug-likeness (QED) is 0.840. The summed E-state index contributed by atoms with van der Waals surface area (Å²) in [5, 5.41) is 2.22. The smallest absolute Gasteiger partial charge is 0.325 e. The molecule has 0 bridgehead atoms. The van der Waals surface area contributed by atoms with Crippen LogP contribution in [0, 0.1) is 6.92 Å². The maximum atomic E-state index is 12.6. The van der Waals surface area contributed by atoms with Crippen LogP contribution in [-0.4, -0.2) is 20.9 Å². The Morgan fingerprint density at radius 3 is 2.50 bits per heavy atom. The number of aryl methyl sites for hydroxylation is 1. The summed E-state index contributed by atoms with van der Waals surface area (Å²) in [6.07, 6.45) is -4.53. The van der Waals surface area contributed by atoms with E-state index in [1.165, 1.54) is 12.1 Å². The summed E-state index contributed by atoms with van der Waals surface area (Å²) in [5.41, 5.74) is -0.976. The summed E-state index contributed by atoms with van der Waals surface area (Å²) in [7, 11) is -3.83. The summed E-state index contributed by atoms with van der Waals surface area (Å²) >= 11 is 1.05. The van der Waals surface area contributed by atoms with E-state index >= 15 is 0 Å². The minimum absolute atomic E-state index is 0.0619. The van der Waals surface area contributed by atoms with E-state index in [1.807, 2.05) is 0 Å². The first kappa shape index (κ1) is 18.4. The molecule has 0 saturated carbocycles. The van der Waals surface area contributed by atoms with Crippen LogP contribution in [0.3, 0.4) is 0 Å². The van der Waals surface area contributed by atoms with Crippen molar-refractivity contribution in [3.05, 3.63) is 46.8 Å². The Balaban J connectivity index is 1.99. The van der Waals surface area contributed by atoms with E-state index < -0.39 is 34.2 Å². The highest BCUT2D eigenvalue weighted by Gasteiger charge is 2.30. The van der Waals surface area contributed by atoms with Gasteiger partial charge in [0.25, 0.3) is 10.0 Å². The summed E-state index contributed by atoms with van der Waals surface area (Å²) in [4.78, 5) is 12.5. The van der Waals surface area contributed by atoms with Crippen molar-refractivity contribution in [2.75, 3.05) is 11.9 Å². The number of hydrogen-bond donors (Lipinski definition) is 2. The van der Waals surface area contributed by atoms with Crippen LogP contribution in [0.15, 0.2) is 40.6 Å². The van der Waals surface area contributed by atoms with E-state index in [-0.39, 0.29) is 9.90 Å². The summed E-state index contributed by atoms with van der Waals surface area (Å²) < 4.78 is 63.9. The van der Waals surface area contributed by atoms with Crippen LogP contribution in [0.1, 0.15) is 10.4 Å². The van der Waals surface area contributed by atoms with Gasteiger partial charge in [-0.25, -0.2) is 13.1 Å². The molecular formula is C14H13F3N2O3S2. The average Bonchev–Trinajstić information content (AvgIpc) is 2.92. The molecule has 2 aromatic rings. The van der Waals surface area contributed by atoms with Crippen molar-refractivity contribution in [2.45, 2.75) is 17.3 Å². The van der Waals surface area contributed by atoms with Crippen LogP contribution in [-0.2, 0) is 21.0 Å². The fourth-order valence-corrected chi connectivity index (χ4v) is 4.08. The largest absolute Gasteiger partial charge is 0.416 e. The van der Waals surface area contributed by atoms with Crippen LogP contribution >= 0.6 is 11.3 Å². The first-order valence-electron chi connectivity index (χ1n) is 6.61. The Hall–Kier alpha value is -1.91. The van der Waals surface area contributed by atoms with Crippen molar-refractivity contribution in [1.82, 2.24) is 4.72 Å². The monoisotopic (exact) mass is 378 g/mol. The number of benzene rings is 1. The fraction of sp³-hybridized carbons (Fsp3) is 0.214. The van der Waals surface area contributed by atoms with Gasteiger partial charge >= 0.3 is 6.18 Å². The molecule has 10 heteroatoms. The number of hydrogen-bond acceptors (Lipinski definition) is 4. The molecule has 2 rings (SSSR count). The molecule has 0 fully saturated rings. The molecule has 0 aliphatic rings. The zero-order valence-corrected chi connectivity index (χ0v) is 14.0. The van der Waals surface area contributed by atoms with E-state index in [2.05, 4.69) is 10.0 Å². The van der Waals surface area contributed by atoms with E-state index in [0.29, 0.717) is 0 Å². The standard InChI is InChI=1S/C14H13F3N2O3S2/c1-9-5-6-13(23-9)24(21,22)18-8-12(20)19-11-4-2-3-10(7-11)14(15,16)17/h2-7,18H,8H2,1H3,(H,19,20). The lowest BCUT2D eigenvalue weighted by atomic mass is 10.2. The topological polar surface area (TPSA) is 75.3 Å². The Kier molecular flexibility index (Phi) is 5.31. The number of thiophene rings is 1. The zero-order chi connectivity index (χ0) is 18.0. The molecule has 0 radical (unpaired) electrons. The molecule has 0 aliphatic carbocycles. The van der Waals surface area contributed by atoms with Crippen molar-refractivity contribution in [3.8, 4) is 0 Å². The highest BCUT2D eigenvalue weighted by Crippen LogP contribution is 2.30. The lowest BCUT2D eigenvalue weighted by molar-refractivity contribution is -0.137. The van der Waals surface area contributed by atoms with Gasteiger partial charge in [-0.2, -0.15) is 13.2 Å². The molecule has 1 amide bonds. The predicted octanol–water partition coefficient (Wildman–Crippen LogP) is 2.99. The second-order valence-corrected chi connectivity index (χ2v) is 8.10. The van der Waals surface area contributed by atoms with Crippen LogP contribution in [0.2, 0.25) is 0 Å². The molecule has 1 aromatic carbocycles. The fourth-order valence-electron chi connectivity index (χ4n) is 1.77. The van der Waals surface area contributed by atoms with E-state index in [9.17, 15) is 26.4 Å². The average molecular weight is 378 g/mol. The summed E-state index contributed by atoms with van der Waals surface area (Å²) in [5.74, 6) is -0.772. The minimum atomic E-state index is -4.53. The van der Waals surface area contributed by atoms with Crippen molar-refractivity contribution < 1.29 is 26.4 Å². The molecule has 1 aromatic heterocycles. The van der Waals surface area contributed by atoms with Crippen molar-refractivity contribution in [3.63, 3.8) is 0 Å². The number of anilines is 1. The first-order chi connectivity index (χ1) is 11.1. The summed E-state index contributed by atoms with van der Waals surface area (Å²) in [6.45, 7) is 1.15. The third kappa shape index (κ3) is 4.79. The third-order valence-electron chi connectivity index (χ3n) is 2.88. The highest BCUT2D eigenvalue weighted by atomic mass is 32.2. The molecule has 0 saturated heterocycles. The predicted molar refractivity (Wildman–Crippen MR) is 84.3 cm³/mol. The Morgan fingerprint density at radius 1 is 1.21 bits per heavy atom. The molecule has 24 heavy (non-hydrogen) atoms. The van der Waals surface area contributed by atoms with Gasteiger partial charge in [0, 0.05) is 10.6 Å². The normalized spacial score (nSPS) is 12.2. The number of rotatable bonds is 5. The zero-order valence-electron chi connectivity index (χ0n) is 12.3. The van der Waals surface area contributed by atoms with E-state index in [1.54, 1.807) is 13.0 Å². The molecule has 0 spiro atoms. The molecule has 1 heterocycles. The Morgan fingerprint density at radius 2 is 1.92 bits per heavy atom. The molecule has 5 nitrogen and oxygen atoms in total.